The van der Waals surface area contributed by atoms with Crippen molar-refractivity contribution in [3.8, 4) is 0 Å². The van der Waals surface area contributed by atoms with Crippen molar-refractivity contribution in [1.29, 1.82) is 0 Å². The van der Waals surface area contributed by atoms with Crippen molar-refractivity contribution in [2.45, 2.75) is 13.8 Å². The molecule has 4 heteroatoms. The number of Topliss-reactive ketones (excluding diaryl/α,β-unsaturated/α-hetero) is 1. The molecule has 17 heavy (non-hydrogen) atoms. The van der Waals surface area contributed by atoms with Crippen LogP contribution >= 0.6 is 11.8 Å². The van der Waals surface area contributed by atoms with Crippen LogP contribution in [0.15, 0.2) is 12.1 Å². The van der Waals surface area contributed by atoms with Gasteiger partial charge in [0.2, 0.25) is 0 Å². The first kappa shape index (κ1) is 12.2. The summed E-state index contributed by atoms with van der Waals surface area (Å²) in [5.41, 5.74) is 3.28. The highest BCUT2D eigenvalue weighted by atomic mass is 32.2. The second kappa shape index (κ2) is 4.53. The molecule has 0 aliphatic carbocycles. The van der Waals surface area contributed by atoms with Crippen LogP contribution in [0.2, 0.25) is 0 Å². The van der Waals surface area contributed by atoms with Crippen molar-refractivity contribution in [2.75, 3.05) is 23.5 Å². The number of amides is 1. The summed E-state index contributed by atoms with van der Waals surface area (Å²) >= 11 is 1.67. The van der Waals surface area contributed by atoms with E-state index in [9.17, 15) is 9.59 Å². The Hall–Kier alpha value is -1.29. The standard InChI is InChI=1S/C13H15NO2S/c1-8-4-5-9(2)11-10(8)12(15)13(16)14(11)6-7-17-3/h4-5H,6-7H2,1-3H3. The number of aryl methyl sites for hydroxylation is 2. The molecule has 1 aliphatic rings. The summed E-state index contributed by atoms with van der Waals surface area (Å²) in [6.07, 6.45) is 1.99. The summed E-state index contributed by atoms with van der Waals surface area (Å²) in [5.74, 6) is 0.0972. The highest BCUT2D eigenvalue weighted by Gasteiger charge is 2.37. The number of carbonyl (C=O) groups excluding carboxylic acids is 2. The van der Waals surface area contributed by atoms with Gasteiger partial charge in [-0.3, -0.25) is 9.59 Å². The van der Waals surface area contributed by atoms with Crippen molar-refractivity contribution in [3.05, 3.63) is 28.8 Å². The minimum atomic E-state index is -0.383. The molecule has 1 amide bonds. The molecule has 90 valence electrons. The summed E-state index contributed by atoms with van der Waals surface area (Å²) < 4.78 is 0. The Morgan fingerprint density at radius 1 is 1.18 bits per heavy atom. The molecule has 1 heterocycles. The monoisotopic (exact) mass is 249 g/mol. The number of nitrogens with zero attached hydrogens (tertiary/aromatic N) is 1. The molecule has 2 rings (SSSR count). The fraction of sp³-hybridized carbons (Fsp3) is 0.385. The van der Waals surface area contributed by atoms with Gasteiger partial charge in [0, 0.05) is 12.3 Å². The van der Waals surface area contributed by atoms with Gasteiger partial charge in [-0.05, 0) is 31.2 Å². The maximum atomic E-state index is 11.9. The van der Waals surface area contributed by atoms with E-state index in [0.29, 0.717) is 12.1 Å². The highest BCUT2D eigenvalue weighted by Crippen LogP contribution is 2.34. The molecular formula is C13H15NO2S. The SMILES string of the molecule is CSCCN1C(=O)C(=O)c2c(C)ccc(C)c21. The molecule has 0 spiro atoms. The van der Waals surface area contributed by atoms with Crippen LogP contribution in [0.1, 0.15) is 21.5 Å². The number of carbonyl (C=O) groups is 2. The first-order valence-corrected chi connectivity index (χ1v) is 6.92. The van der Waals surface area contributed by atoms with Gasteiger partial charge in [-0.15, -0.1) is 0 Å². The Kier molecular flexibility index (Phi) is 3.24. The third kappa shape index (κ3) is 1.86. The third-order valence-corrected chi connectivity index (χ3v) is 3.63. The van der Waals surface area contributed by atoms with Gasteiger partial charge >= 0.3 is 0 Å². The number of hydrogen-bond acceptors (Lipinski definition) is 3. The molecule has 0 saturated heterocycles. The molecule has 0 atom stereocenters. The number of hydrogen-bond donors (Lipinski definition) is 0. The van der Waals surface area contributed by atoms with E-state index in [1.54, 1.807) is 16.7 Å². The average Bonchev–Trinajstić information content (AvgIpc) is 2.56. The minimum absolute atomic E-state index is 0.359. The maximum Gasteiger partial charge on any atom is 0.299 e. The Morgan fingerprint density at radius 3 is 2.47 bits per heavy atom. The number of ketones is 1. The lowest BCUT2D eigenvalue weighted by Gasteiger charge is -2.18. The quantitative estimate of drug-likeness (QED) is 0.771. The second-order valence-electron chi connectivity index (χ2n) is 4.20. The Balaban J connectivity index is 2.52. The predicted octanol–water partition coefficient (Wildman–Crippen LogP) is 2.20. The van der Waals surface area contributed by atoms with Crippen LogP contribution in [-0.2, 0) is 4.79 Å². The molecule has 1 aromatic carbocycles. The summed E-state index contributed by atoms with van der Waals surface area (Å²) in [5, 5.41) is 0. The zero-order valence-electron chi connectivity index (χ0n) is 10.2. The maximum absolute atomic E-state index is 11.9. The van der Waals surface area contributed by atoms with Gasteiger partial charge < -0.3 is 4.90 Å². The molecule has 0 unspecified atom stereocenters. The Labute approximate surface area is 105 Å². The van der Waals surface area contributed by atoms with Crippen LogP contribution in [0.25, 0.3) is 0 Å². The summed E-state index contributed by atoms with van der Waals surface area (Å²) in [6, 6.07) is 3.86. The minimum Gasteiger partial charge on any atom is -0.304 e. The van der Waals surface area contributed by atoms with E-state index in [4.69, 9.17) is 0 Å². The lowest BCUT2D eigenvalue weighted by Crippen LogP contribution is -2.32. The van der Waals surface area contributed by atoms with Crippen LogP contribution < -0.4 is 4.90 Å². The fourth-order valence-electron chi connectivity index (χ4n) is 2.16. The number of anilines is 1. The van der Waals surface area contributed by atoms with Crippen molar-refractivity contribution in [2.24, 2.45) is 0 Å². The van der Waals surface area contributed by atoms with Gasteiger partial charge in [0.25, 0.3) is 11.7 Å². The smallest absolute Gasteiger partial charge is 0.299 e. The average molecular weight is 249 g/mol. The lowest BCUT2D eigenvalue weighted by atomic mass is 10.0. The van der Waals surface area contributed by atoms with E-state index in [1.807, 2.05) is 32.2 Å². The van der Waals surface area contributed by atoms with Gasteiger partial charge in [-0.2, -0.15) is 11.8 Å². The van der Waals surface area contributed by atoms with Gasteiger partial charge in [0.05, 0.1) is 11.3 Å². The highest BCUT2D eigenvalue weighted by molar-refractivity contribution is 7.98. The first-order chi connectivity index (χ1) is 8.07. The molecule has 3 nitrogen and oxygen atoms in total. The molecule has 0 N–H and O–H groups in total. The van der Waals surface area contributed by atoms with Crippen LogP contribution in [0.5, 0.6) is 0 Å². The normalized spacial score (nSPS) is 14.4. The number of thioether (sulfide) groups is 1. The third-order valence-electron chi connectivity index (χ3n) is 3.04. The van der Waals surface area contributed by atoms with Crippen molar-refractivity contribution in [1.82, 2.24) is 0 Å². The van der Waals surface area contributed by atoms with Crippen molar-refractivity contribution in [3.63, 3.8) is 0 Å². The first-order valence-electron chi connectivity index (χ1n) is 5.53. The summed E-state index contributed by atoms with van der Waals surface area (Å²) in [4.78, 5) is 25.5. The number of rotatable bonds is 3. The van der Waals surface area contributed by atoms with Crippen LogP contribution in [0.4, 0.5) is 5.69 Å². The summed E-state index contributed by atoms with van der Waals surface area (Å²) in [7, 11) is 0. The molecule has 1 aromatic rings. The van der Waals surface area contributed by atoms with E-state index in [1.165, 1.54) is 0 Å². The van der Waals surface area contributed by atoms with E-state index in [0.717, 1.165) is 22.6 Å². The zero-order valence-corrected chi connectivity index (χ0v) is 11.1. The second-order valence-corrected chi connectivity index (χ2v) is 5.19. The molecule has 0 radical (unpaired) electrons. The molecule has 0 aromatic heterocycles. The van der Waals surface area contributed by atoms with Gasteiger partial charge in [0.15, 0.2) is 0 Å². The van der Waals surface area contributed by atoms with E-state index < -0.39 is 0 Å². The summed E-state index contributed by atoms with van der Waals surface area (Å²) in [6.45, 7) is 4.42. The molecular weight excluding hydrogens is 234 g/mol. The van der Waals surface area contributed by atoms with E-state index >= 15 is 0 Å². The molecule has 0 fully saturated rings. The largest absolute Gasteiger partial charge is 0.304 e. The predicted molar refractivity (Wildman–Crippen MR) is 71.0 cm³/mol. The van der Waals surface area contributed by atoms with E-state index in [-0.39, 0.29) is 11.7 Å². The number of fused-ring (bicyclic) bond motifs is 1. The van der Waals surface area contributed by atoms with Crippen molar-refractivity contribution >= 4 is 29.1 Å². The molecule has 0 bridgehead atoms. The van der Waals surface area contributed by atoms with Crippen LogP contribution in [0.3, 0.4) is 0 Å². The van der Waals surface area contributed by atoms with Gasteiger partial charge in [-0.25, -0.2) is 0 Å². The Bertz CT molecular complexity index is 496. The van der Waals surface area contributed by atoms with Crippen LogP contribution in [0, 0.1) is 13.8 Å². The fourth-order valence-corrected chi connectivity index (χ4v) is 2.52. The molecule has 0 saturated carbocycles. The number of benzene rings is 1. The topological polar surface area (TPSA) is 37.4 Å². The molecule has 1 aliphatic heterocycles. The van der Waals surface area contributed by atoms with Gasteiger partial charge in [-0.1, -0.05) is 12.1 Å². The lowest BCUT2D eigenvalue weighted by molar-refractivity contribution is -0.114. The zero-order chi connectivity index (χ0) is 12.6. The Morgan fingerprint density at radius 2 is 1.82 bits per heavy atom. The van der Waals surface area contributed by atoms with Crippen LogP contribution in [-0.4, -0.2) is 30.2 Å². The van der Waals surface area contributed by atoms with Gasteiger partial charge in [0.1, 0.15) is 0 Å². The van der Waals surface area contributed by atoms with Crippen molar-refractivity contribution < 1.29 is 9.59 Å². The van der Waals surface area contributed by atoms with E-state index in [2.05, 4.69) is 0 Å².